The molecule has 3 rings (SSSR count). The fourth-order valence-electron chi connectivity index (χ4n) is 2.78. The van der Waals surface area contributed by atoms with Crippen molar-refractivity contribution in [3.63, 3.8) is 0 Å². The van der Waals surface area contributed by atoms with E-state index in [2.05, 4.69) is 22.0 Å². The van der Waals surface area contributed by atoms with Crippen molar-refractivity contribution in [1.29, 1.82) is 5.26 Å². The summed E-state index contributed by atoms with van der Waals surface area (Å²) in [6.45, 7) is 3.50. The summed E-state index contributed by atoms with van der Waals surface area (Å²) >= 11 is 0. The first-order valence-corrected chi connectivity index (χ1v) is 6.65. The third-order valence-electron chi connectivity index (χ3n) is 3.85. The van der Waals surface area contributed by atoms with Crippen LogP contribution < -0.4 is 10.5 Å². The SMILES string of the molecule is Cc1c2c([nH]c(=O)c1C#N)N(Cc1ccccc1)CC2. The lowest BCUT2D eigenvalue weighted by molar-refractivity contribution is 0.824. The summed E-state index contributed by atoms with van der Waals surface area (Å²) in [4.78, 5) is 17.0. The Morgan fingerprint density at radius 2 is 2.10 bits per heavy atom. The van der Waals surface area contributed by atoms with Crippen molar-refractivity contribution in [3.8, 4) is 6.07 Å². The molecule has 1 aromatic heterocycles. The van der Waals surface area contributed by atoms with Gasteiger partial charge < -0.3 is 9.88 Å². The van der Waals surface area contributed by atoms with Gasteiger partial charge in [0.2, 0.25) is 0 Å². The van der Waals surface area contributed by atoms with Crippen LogP contribution in [0.4, 0.5) is 5.82 Å². The quantitative estimate of drug-likeness (QED) is 0.904. The molecule has 0 amide bonds. The molecule has 4 nitrogen and oxygen atoms in total. The van der Waals surface area contributed by atoms with E-state index in [-0.39, 0.29) is 11.1 Å². The Labute approximate surface area is 117 Å². The largest absolute Gasteiger partial charge is 0.353 e. The molecule has 2 aromatic rings. The van der Waals surface area contributed by atoms with Gasteiger partial charge in [-0.15, -0.1) is 0 Å². The predicted octanol–water partition coefficient (Wildman–Crippen LogP) is 2.12. The van der Waals surface area contributed by atoms with Gasteiger partial charge in [-0.1, -0.05) is 30.3 Å². The van der Waals surface area contributed by atoms with Crippen LogP contribution in [0, 0.1) is 18.3 Å². The maximum absolute atomic E-state index is 11.9. The van der Waals surface area contributed by atoms with Crippen molar-refractivity contribution < 1.29 is 0 Å². The van der Waals surface area contributed by atoms with Gasteiger partial charge in [0.25, 0.3) is 5.56 Å². The van der Waals surface area contributed by atoms with Crippen molar-refractivity contribution in [2.75, 3.05) is 11.4 Å². The molecule has 0 saturated heterocycles. The van der Waals surface area contributed by atoms with Crippen LogP contribution in [0.25, 0.3) is 0 Å². The van der Waals surface area contributed by atoms with E-state index >= 15 is 0 Å². The molecule has 0 unspecified atom stereocenters. The molecule has 100 valence electrons. The first kappa shape index (κ1) is 12.5. The second-order valence-corrected chi connectivity index (χ2v) is 5.05. The Balaban J connectivity index is 1.99. The van der Waals surface area contributed by atoms with Crippen LogP contribution in [0.5, 0.6) is 0 Å². The molecule has 2 heterocycles. The Kier molecular flexibility index (Phi) is 3.03. The van der Waals surface area contributed by atoms with Crippen LogP contribution in [-0.4, -0.2) is 11.5 Å². The highest BCUT2D eigenvalue weighted by Gasteiger charge is 2.24. The Morgan fingerprint density at radius 1 is 1.35 bits per heavy atom. The minimum absolute atomic E-state index is 0.241. The van der Waals surface area contributed by atoms with E-state index in [4.69, 9.17) is 5.26 Å². The smallest absolute Gasteiger partial charge is 0.267 e. The number of hydrogen-bond acceptors (Lipinski definition) is 3. The molecule has 4 heteroatoms. The van der Waals surface area contributed by atoms with E-state index in [0.29, 0.717) is 0 Å². The molecule has 20 heavy (non-hydrogen) atoms. The van der Waals surface area contributed by atoms with Crippen molar-refractivity contribution in [3.05, 3.63) is 62.9 Å². The number of nitrogens with zero attached hydrogens (tertiary/aromatic N) is 2. The van der Waals surface area contributed by atoms with Crippen LogP contribution in [0.3, 0.4) is 0 Å². The first-order chi connectivity index (χ1) is 9.70. The Bertz CT molecular complexity index is 741. The Morgan fingerprint density at radius 3 is 2.80 bits per heavy atom. The first-order valence-electron chi connectivity index (χ1n) is 6.65. The highest BCUT2D eigenvalue weighted by atomic mass is 16.1. The molecule has 0 fully saturated rings. The summed E-state index contributed by atoms with van der Waals surface area (Å²) in [5.41, 5.74) is 3.08. The lowest BCUT2D eigenvalue weighted by atomic mass is 10.1. The third-order valence-corrected chi connectivity index (χ3v) is 3.85. The van der Waals surface area contributed by atoms with E-state index < -0.39 is 0 Å². The second-order valence-electron chi connectivity index (χ2n) is 5.05. The lowest BCUT2D eigenvalue weighted by Gasteiger charge is -2.19. The second kappa shape index (κ2) is 4.86. The fraction of sp³-hybridized carbons (Fsp3) is 0.250. The number of fused-ring (bicyclic) bond motifs is 1. The van der Waals surface area contributed by atoms with E-state index in [1.54, 1.807) is 0 Å². The van der Waals surface area contributed by atoms with Crippen LogP contribution in [0.1, 0.15) is 22.3 Å². The molecule has 1 N–H and O–H groups in total. The highest BCUT2D eigenvalue weighted by molar-refractivity contribution is 5.59. The maximum atomic E-state index is 11.9. The summed E-state index contributed by atoms with van der Waals surface area (Å²) in [7, 11) is 0. The number of H-pyrrole nitrogens is 1. The highest BCUT2D eigenvalue weighted by Crippen LogP contribution is 2.29. The van der Waals surface area contributed by atoms with Gasteiger partial charge in [0.1, 0.15) is 17.5 Å². The molecule has 0 saturated carbocycles. The molecule has 0 aliphatic carbocycles. The number of aromatic amines is 1. The molecule has 0 atom stereocenters. The number of hydrogen-bond donors (Lipinski definition) is 1. The summed E-state index contributed by atoms with van der Waals surface area (Å²) in [6, 6.07) is 12.2. The molecule has 0 radical (unpaired) electrons. The summed E-state index contributed by atoms with van der Waals surface area (Å²) in [5, 5.41) is 9.05. The molecule has 0 spiro atoms. The molecule has 0 bridgehead atoms. The maximum Gasteiger partial charge on any atom is 0.267 e. The van der Waals surface area contributed by atoms with Gasteiger partial charge in [0, 0.05) is 13.1 Å². The van der Waals surface area contributed by atoms with E-state index in [9.17, 15) is 4.79 Å². The zero-order valence-electron chi connectivity index (χ0n) is 11.3. The topological polar surface area (TPSA) is 59.9 Å². The van der Waals surface area contributed by atoms with Gasteiger partial charge in [-0.25, -0.2) is 0 Å². The Hall–Kier alpha value is -2.54. The minimum atomic E-state index is -0.288. The van der Waals surface area contributed by atoms with E-state index in [1.165, 1.54) is 5.56 Å². The van der Waals surface area contributed by atoms with Gasteiger partial charge in [0.05, 0.1) is 0 Å². The summed E-state index contributed by atoms with van der Waals surface area (Å²) in [5.74, 6) is 0.871. The molecule has 1 aromatic carbocycles. The average Bonchev–Trinajstić information content (AvgIpc) is 2.84. The summed E-state index contributed by atoms with van der Waals surface area (Å²) < 4.78 is 0. The lowest BCUT2D eigenvalue weighted by Crippen LogP contribution is -2.23. The fourth-order valence-corrected chi connectivity index (χ4v) is 2.78. The number of pyridine rings is 1. The van der Waals surface area contributed by atoms with Crippen molar-refractivity contribution in [1.82, 2.24) is 4.98 Å². The normalized spacial score (nSPS) is 13.1. The van der Waals surface area contributed by atoms with Gasteiger partial charge in [-0.3, -0.25) is 4.79 Å². The van der Waals surface area contributed by atoms with Gasteiger partial charge >= 0.3 is 0 Å². The van der Waals surface area contributed by atoms with Gasteiger partial charge in [-0.2, -0.15) is 5.26 Å². The van der Waals surface area contributed by atoms with E-state index in [0.717, 1.165) is 36.5 Å². The number of rotatable bonds is 2. The molecular formula is C16H15N3O. The van der Waals surface area contributed by atoms with Crippen molar-refractivity contribution in [2.24, 2.45) is 0 Å². The monoisotopic (exact) mass is 265 g/mol. The predicted molar refractivity (Wildman–Crippen MR) is 77.7 cm³/mol. The molecular weight excluding hydrogens is 250 g/mol. The van der Waals surface area contributed by atoms with Crippen LogP contribution >= 0.6 is 0 Å². The van der Waals surface area contributed by atoms with Crippen LogP contribution in [0.15, 0.2) is 35.1 Å². The minimum Gasteiger partial charge on any atom is -0.353 e. The molecule has 1 aliphatic rings. The van der Waals surface area contributed by atoms with Crippen LogP contribution in [-0.2, 0) is 13.0 Å². The summed E-state index contributed by atoms with van der Waals surface area (Å²) in [6.07, 6.45) is 0.874. The van der Waals surface area contributed by atoms with Crippen molar-refractivity contribution in [2.45, 2.75) is 19.9 Å². The standard InChI is InChI=1S/C16H15N3O/c1-11-13-7-8-19(10-12-5-3-2-4-6-12)15(13)18-16(20)14(11)9-17/h2-6H,7-8,10H2,1H3,(H,18,20). The third kappa shape index (κ3) is 1.97. The number of benzene rings is 1. The number of nitriles is 1. The number of anilines is 1. The zero-order valence-corrected chi connectivity index (χ0v) is 11.3. The van der Waals surface area contributed by atoms with Crippen molar-refractivity contribution >= 4 is 5.82 Å². The zero-order chi connectivity index (χ0) is 14.1. The number of aromatic nitrogens is 1. The van der Waals surface area contributed by atoms with E-state index in [1.807, 2.05) is 31.2 Å². The molecule has 1 aliphatic heterocycles. The van der Waals surface area contributed by atoms with Crippen LogP contribution in [0.2, 0.25) is 0 Å². The average molecular weight is 265 g/mol. The van der Waals surface area contributed by atoms with Gasteiger partial charge in [-0.05, 0) is 30.0 Å². The van der Waals surface area contributed by atoms with Gasteiger partial charge in [0.15, 0.2) is 0 Å². The number of nitrogens with one attached hydrogen (secondary N) is 1.